The van der Waals surface area contributed by atoms with Crippen molar-refractivity contribution in [1.82, 2.24) is 5.43 Å². The van der Waals surface area contributed by atoms with Crippen molar-refractivity contribution in [3.63, 3.8) is 0 Å². The summed E-state index contributed by atoms with van der Waals surface area (Å²) in [5.74, 6) is -0.856. The van der Waals surface area contributed by atoms with Crippen LogP contribution in [-0.2, 0) is 9.59 Å². The molecule has 1 heterocycles. The zero-order chi connectivity index (χ0) is 15.0. The highest BCUT2D eigenvalue weighted by Gasteiger charge is 2.48. The quantitative estimate of drug-likeness (QED) is 0.866. The lowest BCUT2D eigenvalue weighted by molar-refractivity contribution is -0.142. The number of carbonyl (C=O) groups excluding carboxylic acids is 2. The van der Waals surface area contributed by atoms with Crippen LogP contribution in [0.4, 0.5) is 10.1 Å². The van der Waals surface area contributed by atoms with Gasteiger partial charge in [-0.2, -0.15) is 0 Å². The van der Waals surface area contributed by atoms with E-state index < -0.39 is 11.2 Å². The van der Waals surface area contributed by atoms with E-state index in [-0.39, 0.29) is 23.3 Å². The Balaban J connectivity index is 1.95. The lowest BCUT2D eigenvalue weighted by Crippen LogP contribution is -2.60. The minimum absolute atomic E-state index is 0.0715. The highest BCUT2D eigenvalue weighted by molar-refractivity contribution is 6.31. The van der Waals surface area contributed by atoms with E-state index in [1.165, 1.54) is 23.2 Å². The lowest BCUT2D eigenvalue weighted by atomic mass is 9.70. The first-order valence-corrected chi connectivity index (χ1v) is 7.49. The molecule has 1 aromatic carbocycles. The molecule has 1 N–H and O–H groups in total. The summed E-state index contributed by atoms with van der Waals surface area (Å²) >= 11 is 5.77. The summed E-state index contributed by atoms with van der Waals surface area (Å²) in [7, 11) is 0. The standard InChI is InChI=1S/C15H16ClFN2O2/c16-11-8-10(4-5-12(11)17)19-14(21)15(9-13(20)18-19)6-2-1-3-7-15/h4-5,8H,1-3,6-7,9H2,(H,18,20). The number of carbonyl (C=O) groups is 2. The number of hydrogen-bond donors (Lipinski definition) is 1. The first-order chi connectivity index (χ1) is 10.0. The minimum Gasteiger partial charge on any atom is -0.273 e. The number of nitrogens with zero attached hydrogens (tertiary/aromatic N) is 1. The van der Waals surface area contributed by atoms with Crippen LogP contribution in [0.25, 0.3) is 0 Å². The fourth-order valence-corrected chi connectivity index (χ4v) is 3.44. The molecule has 1 spiro atoms. The monoisotopic (exact) mass is 310 g/mol. The molecule has 112 valence electrons. The van der Waals surface area contributed by atoms with Gasteiger partial charge in [0.15, 0.2) is 0 Å². The van der Waals surface area contributed by atoms with Crippen LogP contribution in [0.3, 0.4) is 0 Å². The summed E-state index contributed by atoms with van der Waals surface area (Å²) in [4.78, 5) is 24.8. The summed E-state index contributed by atoms with van der Waals surface area (Å²) < 4.78 is 13.3. The van der Waals surface area contributed by atoms with Crippen molar-refractivity contribution in [3.8, 4) is 0 Å². The molecule has 0 bridgehead atoms. The molecule has 0 radical (unpaired) electrons. The average Bonchev–Trinajstić information content (AvgIpc) is 2.47. The number of halogens is 2. The third-order valence-corrected chi connectivity index (χ3v) is 4.65. The molecule has 0 unspecified atom stereocenters. The van der Waals surface area contributed by atoms with Crippen molar-refractivity contribution < 1.29 is 14.0 Å². The second kappa shape index (κ2) is 5.30. The summed E-state index contributed by atoms with van der Waals surface area (Å²) in [6.07, 6.45) is 4.69. The number of hydrazine groups is 1. The van der Waals surface area contributed by atoms with Gasteiger partial charge in [-0.15, -0.1) is 0 Å². The fraction of sp³-hybridized carbons (Fsp3) is 0.467. The number of hydrogen-bond acceptors (Lipinski definition) is 2. The highest BCUT2D eigenvalue weighted by Crippen LogP contribution is 2.43. The molecular formula is C15H16ClFN2O2. The van der Waals surface area contributed by atoms with Crippen LogP contribution < -0.4 is 10.4 Å². The van der Waals surface area contributed by atoms with Crippen molar-refractivity contribution in [2.45, 2.75) is 38.5 Å². The molecule has 1 aliphatic heterocycles. The number of amides is 2. The van der Waals surface area contributed by atoms with Crippen LogP contribution >= 0.6 is 11.6 Å². The van der Waals surface area contributed by atoms with Gasteiger partial charge in [0.1, 0.15) is 5.82 Å². The molecule has 3 rings (SSSR count). The van der Waals surface area contributed by atoms with E-state index in [0.29, 0.717) is 5.69 Å². The van der Waals surface area contributed by atoms with Gasteiger partial charge in [0.25, 0.3) is 5.91 Å². The van der Waals surface area contributed by atoms with Crippen LogP contribution in [-0.4, -0.2) is 11.8 Å². The van der Waals surface area contributed by atoms with Crippen LogP contribution in [0, 0.1) is 11.2 Å². The zero-order valence-corrected chi connectivity index (χ0v) is 12.3. The van der Waals surface area contributed by atoms with Gasteiger partial charge in [0.05, 0.1) is 16.1 Å². The second-order valence-electron chi connectivity index (χ2n) is 5.79. The summed E-state index contributed by atoms with van der Waals surface area (Å²) in [5.41, 5.74) is 2.35. The fourth-order valence-electron chi connectivity index (χ4n) is 3.26. The van der Waals surface area contributed by atoms with E-state index in [4.69, 9.17) is 11.6 Å². The molecule has 1 saturated heterocycles. The van der Waals surface area contributed by atoms with E-state index in [1.54, 1.807) is 0 Å². The number of rotatable bonds is 1. The summed E-state index contributed by atoms with van der Waals surface area (Å²) in [6.45, 7) is 0. The maximum Gasteiger partial charge on any atom is 0.252 e. The maximum absolute atomic E-state index is 13.3. The molecule has 2 fully saturated rings. The zero-order valence-electron chi connectivity index (χ0n) is 11.5. The Morgan fingerprint density at radius 2 is 1.90 bits per heavy atom. The average molecular weight is 311 g/mol. The Kier molecular flexibility index (Phi) is 3.61. The van der Waals surface area contributed by atoms with Gasteiger partial charge in [-0.3, -0.25) is 15.0 Å². The van der Waals surface area contributed by atoms with Crippen LogP contribution in [0.5, 0.6) is 0 Å². The van der Waals surface area contributed by atoms with Gasteiger partial charge < -0.3 is 0 Å². The SMILES string of the molecule is O=C1CC2(CCCCC2)C(=O)N(c2ccc(F)c(Cl)c2)N1. The van der Waals surface area contributed by atoms with E-state index >= 15 is 0 Å². The van der Waals surface area contributed by atoms with Crippen LogP contribution in [0.15, 0.2) is 18.2 Å². The minimum atomic E-state index is -0.610. The van der Waals surface area contributed by atoms with Crippen molar-refractivity contribution in [3.05, 3.63) is 29.0 Å². The van der Waals surface area contributed by atoms with E-state index in [1.807, 2.05) is 0 Å². The van der Waals surface area contributed by atoms with Gasteiger partial charge >= 0.3 is 0 Å². The largest absolute Gasteiger partial charge is 0.273 e. The van der Waals surface area contributed by atoms with Crippen molar-refractivity contribution in [2.24, 2.45) is 5.41 Å². The first-order valence-electron chi connectivity index (χ1n) is 7.11. The molecule has 0 atom stereocenters. The highest BCUT2D eigenvalue weighted by atomic mass is 35.5. The molecule has 1 saturated carbocycles. The van der Waals surface area contributed by atoms with Crippen LogP contribution in [0.1, 0.15) is 38.5 Å². The van der Waals surface area contributed by atoms with Crippen molar-refractivity contribution in [2.75, 3.05) is 5.01 Å². The summed E-state index contributed by atoms with van der Waals surface area (Å²) in [5, 5.41) is 1.15. The van der Waals surface area contributed by atoms with Gasteiger partial charge in [-0.05, 0) is 31.0 Å². The maximum atomic E-state index is 13.3. The summed E-state index contributed by atoms with van der Waals surface area (Å²) in [6, 6.07) is 4.00. The van der Waals surface area contributed by atoms with Gasteiger partial charge in [-0.25, -0.2) is 9.40 Å². The Morgan fingerprint density at radius 3 is 2.57 bits per heavy atom. The van der Waals surface area contributed by atoms with Gasteiger partial charge in [0.2, 0.25) is 5.91 Å². The van der Waals surface area contributed by atoms with Crippen molar-refractivity contribution in [1.29, 1.82) is 0 Å². The molecule has 21 heavy (non-hydrogen) atoms. The second-order valence-corrected chi connectivity index (χ2v) is 6.20. The lowest BCUT2D eigenvalue weighted by Gasteiger charge is -2.43. The number of benzene rings is 1. The molecule has 6 heteroatoms. The Bertz CT molecular complexity index is 599. The smallest absolute Gasteiger partial charge is 0.252 e. The van der Waals surface area contributed by atoms with E-state index in [0.717, 1.165) is 32.1 Å². The Labute approximate surface area is 127 Å². The molecule has 2 aliphatic rings. The molecule has 2 amide bonds. The van der Waals surface area contributed by atoms with Crippen LogP contribution in [0.2, 0.25) is 5.02 Å². The third-order valence-electron chi connectivity index (χ3n) is 4.36. The molecule has 4 nitrogen and oxygen atoms in total. The van der Waals surface area contributed by atoms with E-state index in [9.17, 15) is 14.0 Å². The predicted molar refractivity (Wildman–Crippen MR) is 77.2 cm³/mol. The molecule has 0 aromatic heterocycles. The molecular weight excluding hydrogens is 295 g/mol. The van der Waals surface area contributed by atoms with Gasteiger partial charge in [0, 0.05) is 6.42 Å². The molecule has 1 aromatic rings. The Morgan fingerprint density at radius 1 is 1.19 bits per heavy atom. The third kappa shape index (κ3) is 2.50. The normalized spacial score (nSPS) is 21.5. The topological polar surface area (TPSA) is 49.4 Å². The first kappa shape index (κ1) is 14.3. The number of anilines is 1. The van der Waals surface area contributed by atoms with Crippen molar-refractivity contribution >= 4 is 29.1 Å². The predicted octanol–water partition coefficient (Wildman–Crippen LogP) is 3.20. The Hall–Kier alpha value is -1.62. The van der Waals surface area contributed by atoms with Gasteiger partial charge in [-0.1, -0.05) is 30.9 Å². The number of nitrogens with one attached hydrogen (secondary N) is 1. The molecule has 1 aliphatic carbocycles. The van der Waals surface area contributed by atoms with E-state index in [2.05, 4.69) is 5.43 Å².